The van der Waals surface area contributed by atoms with Crippen LogP contribution in [0.15, 0.2) is 0 Å². The fraction of sp³-hybridized carbons (Fsp3) is 1.00. The zero-order valence-corrected chi connectivity index (χ0v) is 12.0. The van der Waals surface area contributed by atoms with Crippen molar-refractivity contribution in [3.05, 3.63) is 0 Å². The van der Waals surface area contributed by atoms with Crippen LogP contribution in [0.3, 0.4) is 0 Å². The topological polar surface area (TPSA) is 65.5 Å². The van der Waals surface area contributed by atoms with Gasteiger partial charge >= 0.3 is 0 Å². The quantitative estimate of drug-likeness (QED) is 0.752. The number of epoxide rings is 2. The molecular weight excluding hydrogens is 256 g/mol. The maximum Gasteiger partial charge on any atom is 0.0844 e. The number of aliphatic hydroxyl groups excluding tert-OH is 2. The van der Waals surface area contributed by atoms with Gasteiger partial charge in [-0.3, -0.25) is 0 Å². The Morgan fingerprint density at radius 3 is 1.55 bits per heavy atom. The van der Waals surface area contributed by atoms with Gasteiger partial charge in [-0.2, -0.15) is 0 Å². The minimum absolute atomic E-state index is 0.459. The standard InChI is InChI=1S/C16H26O4/c17-11(5-9-1-3-13-15(7-9)19-13)12(18)6-10-2-4-14-16(8-10)20-14/h9-18H,1-8H2. The SMILES string of the molecule is OC(CC1CCC2OC2C1)C(O)CC1CCC2OC2C1. The van der Waals surface area contributed by atoms with Gasteiger partial charge in [-0.15, -0.1) is 0 Å². The van der Waals surface area contributed by atoms with E-state index in [-0.39, 0.29) is 0 Å². The summed E-state index contributed by atoms with van der Waals surface area (Å²) in [5, 5.41) is 20.5. The van der Waals surface area contributed by atoms with E-state index in [1.807, 2.05) is 0 Å². The fourth-order valence-corrected chi connectivity index (χ4v) is 4.40. The van der Waals surface area contributed by atoms with Crippen LogP contribution in [-0.4, -0.2) is 46.8 Å². The molecule has 2 aliphatic heterocycles. The summed E-state index contributed by atoms with van der Waals surface area (Å²) in [4.78, 5) is 0. The highest BCUT2D eigenvalue weighted by Crippen LogP contribution is 2.43. The Morgan fingerprint density at radius 1 is 0.700 bits per heavy atom. The molecule has 2 aliphatic carbocycles. The Hall–Kier alpha value is -0.160. The average molecular weight is 282 g/mol. The molecule has 8 atom stereocenters. The number of rotatable bonds is 5. The zero-order chi connectivity index (χ0) is 13.7. The van der Waals surface area contributed by atoms with Gasteiger partial charge in [0.1, 0.15) is 0 Å². The lowest BCUT2D eigenvalue weighted by Gasteiger charge is -2.28. The molecule has 0 aromatic carbocycles. The maximum atomic E-state index is 10.3. The highest BCUT2D eigenvalue weighted by molar-refractivity contribution is 4.94. The third kappa shape index (κ3) is 2.89. The molecule has 2 saturated carbocycles. The first kappa shape index (κ1) is 13.5. The first-order valence-corrected chi connectivity index (χ1v) is 8.36. The summed E-state index contributed by atoms with van der Waals surface area (Å²) in [6.07, 6.45) is 9.03. The summed E-state index contributed by atoms with van der Waals surface area (Å²) in [6.45, 7) is 0. The van der Waals surface area contributed by atoms with Crippen LogP contribution in [0.2, 0.25) is 0 Å². The Kier molecular flexibility index (Phi) is 3.53. The molecule has 20 heavy (non-hydrogen) atoms. The first-order valence-electron chi connectivity index (χ1n) is 8.36. The van der Waals surface area contributed by atoms with Gasteiger partial charge in [-0.25, -0.2) is 0 Å². The van der Waals surface area contributed by atoms with E-state index in [0.29, 0.717) is 36.3 Å². The molecule has 2 heterocycles. The van der Waals surface area contributed by atoms with E-state index >= 15 is 0 Å². The van der Waals surface area contributed by atoms with E-state index in [1.54, 1.807) is 0 Å². The summed E-state index contributed by atoms with van der Waals surface area (Å²) in [5.74, 6) is 1.07. The second-order valence-corrected chi connectivity index (χ2v) is 7.39. The molecule has 2 saturated heterocycles. The molecule has 0 spiro atoms. The Bertz CT molecular complexity index is 326. The van der Waals surface area contributed by atoms with Crippen LogP contribution in [0.5, 0.6) is 0 Å². The summed E-state index contributed by atoms with van der Waals surface area (Å²) in [7, 11) is 0. The molecule has 4 rings (SSSR count). The molecule has 8 unspecified atom stereocenters. The molecule has 0 amide bonds. The zero-order valence-electron chi connectivity index (χ0n) is 12.0. The monoisotopic (exact) mass is 282 g/mol. The first-order chi connectivity index (χ1) is 9.69. The fourth-order valence-electron chi connectivity index (χ4n) is 4.40. The lowest BCUT2D eigenvalue weighted by Crippen LogP contribution is -2.32. The molecule has 0 radical (unpaired) electrons. The van der Waals surface area contributed by atoms with Crippen LogP contribution >= 0.6 is 0 Å². The van der Waals surface area contributed by atoms with E-state index < -0.39 is 12.2 Å². The molecule has 4 nitrogen and oxygen atoms in total. The lowest BCUT2D eigenvalue weighted by molar-refractivity contribution is -0.0126. The van der Waals surface area contributed by atoms with Crippen LogP contribution in [0, 0.1) is 11.8 Å². The molecule has 2 N–H and O–H groups in total. The number of hydrogen-bond acceptors (Lipinski definition) is 4. The van der Waals surface area contributed by atoms with E-state index in [9.17, 15) is 10.2 Å². The molecule has 4 aliphatic rings. The lowest BCUT2D eigenvalue weighted by atomic mass is 9.81. The van der Waals surface area contributed by atoms with E-state index in [0.717, 1.165) is 51.4 Å². The van der Waals surface area contributed by atoms with Crippen LogP contribution in [-0.2, 0) is 9.47 Å². The van der Waals surface area contributed by atoms with E-state index in [1.165, 1.54) is 0 Å². The third-order valence-corrected chi connectivity index (χ3v) is 5.82. The van der Waals surface area contributed by atoms with Crippen molar-refractivity contribution >= 4 is 0 Å². The molecule has 0 bridgehead atoms. The van der Waals surface area contributed by atoms with Crippen molar-refractivity contribution in [2.75, 3.05) is 0 Å². The second-order valence-electron chi connectivity index (χ2n) is 7.39. The van der Waals surface area contributed by atoms with Gasteiger partial charge in [0, 0.05) is 0 Å². The van der Waals surface area contributed by atoms with Gasteiger partial charge in [0.05, 0.1) is 36.6 Å². The third-order valence-electron chi connectivity index (χ3n) is 5.82. The summed E-state index contributed by atoms with van der Waals surface area (Å²) >= 11 is 0. The normalized spacial score (nSPS) is 48.9. The Morgan fingerprint density at radius 2 is 1.15 bits per heavy atom. The minimum atomic E-state index is -0.562. The van der Waals surface area contributed by atoms with Crippen LogP contribution in [0.1, 0.15) is 51.4 Å². The Labute approximate surface area is 120 Å². The maximum absolute atomic E-state index is 10.3. The molecule has 114 valence electrons. The number of fused-ring (bicyclic) bond motifs is 2. The van der Waals surface area contributed by atoms with E-state index in [4.69, 9.17) is 9.47 Å². The van der Waals surface area contributed by atoms with Crippen molar-refractivity contribution in [1.29, 1.82) is 0 Å². The molecule has 0 aromatic heterocycles. The number of hydrogen-bond donors (Lipinski definition) is 2. The smallest absolute Gasteiger partial charge is 0.0844 e. The molecule has 0 aromatic rings. The van der Waals surface area contributed by atoms with Crippen LogP contribution in [0.4, 0.5) is 0 Å². The average Bonchev–Trinajstić information content (AvgIpc) is 3.32. The summed E-state index contributed by atoms with van der Waals surface area (Å²) in [5.41, 5.74) is 0. The van der Waals surface area contributed by atoms with Crippen molar-refractivity contribution in [1.82, 2.24) is 0 Å². The number of ether oxygens (including phenoxy) is 2. The van der Waals surface area contributed by atoms with Crippen molar-refractivity contribution in [2.45, 2.75) is 88.0 Å². The minimum Gasteiger partial charge on any atom is -0.390 e. The van der Waals surface area contributed by atoms with Gasteiger partial charge in [-0.05, 0) is 63.2 Å². The van der Waals surface area contributed by atoms with Gasteiger partial charge in [0.2, 0.25) is 0 Å². The molecular formula is C16H26O4. The van der Waals surface area contributed by atoms with E-state index in [2.05, 4.69) is 0 Å². The van der Waals surface area contributed by atoms with Crippen molar-refractivity contribution in [3.8, 4) is 0 Å². The van der Waals surface area contributed by atoms with Crippen molar-refractivity contribution < 1.29 is 19.7 Å². The molecule has 4 heteroatoms. The van der Waals surface area contributed by atoms with Gasteiger partial charge in [0.15, 0.2) is 0 Å². The predicted octanol–water partition coefficient (Wildman–Crippen LogP) is 1.62. The molecule has 4 fully saturated rings. The predicted molar refractivity (Wildman–Crippen MR) is 73.3 cm³/mol. The highest BCUT2D eigenvalue weighted by Gasteiger charge is 2.45. The highest BCUT2D eigenvalue weighted by atomic mass is 16.6. The summed E-state index contributed by atoms with van der Waals surface area (Å²) in [6, 6.07) is 0. The van der Waals surface area contributed by atoms with Gasteiger partial charge in [0.25, 0.3) is 0 Å². The van der Waals surface area contributed by atoms with Gasteiger partial charge < -0.3 is 19.7 Å². The van der Waals surface area contributed by atoms with Crippen LogP contribution in [0.25, 0.3) is 0 Å². The van der Waals surface area contributed by atoms with Crippen molar-refractivity contribution in [3.63, 3.8) is 0 Å². The largest absolute Gasteiger partial charge is 0.390 e. The number of aliphatic hydroxyl groups is 2. The Balaban J connectivity index is 1.21. The second kappa shape index (κ2) is 5.24. The van der Waals surface area contributed by atoms with Crippen molar-refractivity contribution in [2.24, 2.45) is 11.8 Å². The summed E-state index contributed by atoms with van der Waals surface area (Å²) < 4.78 is 11.1. The van der Waals surface area contributed by atoms with Gasteiger partial charge in [-0.1, -0.05) is 0 Å². The van der Waals surface area contributed by atoms with Crippen LogP contribution < -0.4 is 0 Å².